The zero-order valence-corrected chi connectivity index (χ0v) is 22.1. The maximum Gasteiger partial charge on any atom is 0.251 e. The smallest absolute Gasteiger partial charge is 0.251 e. The van der Waals surface area contributed by atoms with Crippen molar-refractivity contribution in [1.29, 1.82) is 0 Å². The Bertz CT molecular complexity index is 1200. The van der Waals surface area contributed by atoms with Gasteiger partial charge in [0.1, 0.15) is 12.4 Å². The van der Waals surface area contributed by atoms with Crippen molar-refractivity contribution in [1.82, 2.24) is 5.32 Å². The molecular weight excluding hydrogens is 544 g/mol. The highest BCUT2D eigenvalue weighted by atomic mass is 79.9. The molecule has 0 saturated heterocycles. The molecule has 0 bridgehead atoms. The number of halogens is 2. The Morgan fingerprint density at radius 1 is 1.11 bits per heavy atom. The van der Waals surface area contributed by atoms with Gasteiger partial charge in [-0.3, -0.25) is 4.79 Å². The number of nitrogens with zero attached hydrogens (tertiary/aromatic N) is 1. The quantitative estimate of drug-likeness (QED) is 0.318. The van der Waals surface area contributed by atoms with E-state index < -0.39 is 5.54 Å². The highest BCUT2D eigenvalue weighted by Gasteiger charge is 2.44. The number of hydrogen-bond acceptors (Lipinski definition) is 5. The molecule has 1 aliphatic rings. The third kappa shape index (κ3) is 6.87. The third-order valence-electron chi connectivity index (χ3n) is 5.86. The average molecular weight is 572 g/mol. The van der Waals surface area contributed by atoms with Crippen LogP contribution in [0, 0.1) is 0 Å². The van der Waals surface area contributed by atoms with Crippen molar-refractivity contribution in [2.24, 2.45) is 4.99 Å². The number of amides is 1. The standard InChI is InChI=1S/C28H28BrClN2O4/c29-23-9-5-21(6-10-23)18-28(27(34)31-14-13-20-3-1-4-24(30)17-20)19-36-26(32-28)22-7-11-25(12-8-22)35-16-2-15-33/h1,3-12,17,33H,2,13-16,18-19H2,(H,31,34)/t28-/m1/s1. The fourth-order valence-electron chi connectivity index (χ4n) is 3.95. The van der Waals surface area contributed by atoms with E-state index in [4.69, 9.17) is 31.2 Å². The molecule has 0 aromatic heterocycles. The first-order valence-electron chi connectivity index (χ1n) is 11.8. The Morgan fingerprint density at radius 2 is 1.89 bits per heavy atom. The van der Waals surface area contributed by atoms with E-state index in [1.165, 1.54) is 0 Å². The second-order valence-electron chi connectivity index (χ2n) is 8.63. The normalized spacial score (nSPS) is 16.8. The predicted octanol–water partition coefficient (Wildman–Crippen LogP) is 4.98. The number of nitrogens with one attached hydrogen (secondary N) is 1. The largest absolute Gasteiger partial charge is 0.494 e. The van der Waals surface area contributed by atoms with E-state index in [1.54, 1.807) is 0 Å². The SMILES string of the molecule is O=C(NCCc1cccc(Cl)c1)[C@@]1(Cc2ccc(Br)cc2)COC(c2ccc(OCCCO)cc2)=N1. The van der Waals surface area contributed by atoms with E-state index >= 15 is 0 Å². The van der Waals surface area contributed by atoms with Crippen LogP contribution in [-0.2, 0) is 22.4 Å². The van der Waals surface area contributed by atoms with Crippen molar-refractivity contribution in [3.8, 4) is 5.75 Å². The molecule has 6 nitrogen and oxygen atoms in total. The first-order valence-corrected chi connectivity index (χ1v) is 13.0. The molecule has 3 aromatic rings. The highest BCUT2D eigenvalue weighted by Crippen LogP contribution is 2.28. The second kappa shape index (κ2) is 12.4. The van der Waals surface area contributed by atoms with E-state index in [-0.39, 0.29) is 19.1 Å². The predicted molar refractivity (Wildman–Crippen MR) is 145 cm³/mol. The summed E-state index contributed by atoms with van der Waals surface area (Å²) in [5.74, 6) is 0.955. The lowest BCUT2D eigenvalue weighted by Crippen LogP contribution is -2.48. The molecule has 3 aromatic carbocycles. The Balaban J connectivity index is 1.51. The van der Waals surface area contributed by atoms with E-state index in [0.717, 1.165) is 21.2 Å². The van der Waals surface area contributed by atoms with Crippen LogP contribution in [0.15, 0.2) is 82.3 Å². The summed E-state index contributed by atoms with van der Waals surface area (Å²) < 4.78 is 12.6. The summed E-state index contributed by atoms with van der Waals surface area (Å²) in [6.07, 6.45) is 1.65. The maximum absolute atomic E-state index is 13.5. The maximum atomic E-state index is 13.5. The third-order valence-corrected chi connectivity index (χ3v) is 6.62. The highest BCUT2D eigenvalue weighted by molar-refractivity contribution is 9.10. The zero-order chi connectivity index (χ0) is 25.4. The van der Waals surface area contributed by atoms with Gasteiger partial charge in [0.05, 0.1) is 6.61 Å². The summed E-state index contributed by atoms with van der Waals surface area (Å²) in [5, 5.41) is 12.6. The van der Waals surface area contributed by atoms with Crippen LogP contribution in [0.3, 0.4) is 0 Å². The number of ether oxygens (including phenoxy) is 2. The molecule has 0 aliphatic carbocycles. The fraction of sp³-hybridized carbons (Fsp3) is 0.286. The monoisotopic (exact) mass is 570 g/mol. The lowest BCUT2D eigenvalue weighted by molar-refractivity contribution is -0.126. The Hall–Kier alpha value is -2.87. The molecule has 36 heavy (non-hydrogen) atoms. The summed E-state index contributed by atoms with van der Waals surface area (Å²) >= 11 is 9.55. The number of hydrogen-bond donors (Lipinski definition) is 2. The molecule has 8 heteroatoms. The molecule has 1 atom stereocenters. The summed E-state index contributed by atoms with van der Waals surface area (Å²) in [4.78, 5) is 18.3. The van der Waals surface area contributed by atoms with Crippen molar-refractivity contribution in [2.75, 3.05) is 26.4 Å². The number of rotatable bonds is 11. The van der Waals surface area contributed by atoms with Crippen molar-refractivity contribution in [3.05, 3.63) is 99.0 Å². The molecule has 188 valence electrons. The molecule has 0 saturated carbocycles. The van der Waals surface area contributed by atoms with Crippen LogP contribution in [0.4, 0.5) is 0 Å². The lowest BCUT2D eigenvalue weighted by Gasteiger charge is -2.23. The van der Waals surface area contributed by atoms with Gasteiger partial charge in [0.2, 0.25) is 5.90 Å². The average Bonchev–Trinajstić information content (AvgIpc) is 3.31. The van der Waals surface area contributed by atoms with E-state index in [1.807, 2.05) is 72.8 Å². The van der Waals surface area contributed by atoms with Gasteiger partial charge in [0.25, 0.3) is 5.91 Å². The topological polar surface area (TPSA) is 80.2 Å². The van der Waals surface area contributed by atoms with Crippen molar-refractivity contribution < 1.29 is 19.4 Å². The molecule has 0 fully saturated rings. The Labute approximate surface area is 224 Å². The van der Waals surface area contributed by atoms with Crippen molar-refractivity contribution in [2.45, 2.75) is 24.8 Å². The van der Waals surface area contributed by atoms with Gasteiger partial charge in [-0.25, -0.2) is 4.99 Å². The number of aliphatic hydroxyl groups excluding tert-OH is 1. The van der Waals surface area contributed by atoms with Gasteiger partial charge < -0.3 is 19.9 Å². The van der Waals surface area contributed by atoms with Crippen LogP contribution in [0.25, 0.3) is 0 Å². The van der Waals surface area contributed by atoms with Gasteiger partial charge in [-0.15, -0.1) is 0 Å². The molecular formula is C28H28BrClN2O4. The lowest BCUT2D eigenvalue weighted by atomic mass is 9.91. The van der Waals surface area contributed by atoms with E-state index in [9.17, 15) is 4.79 Å². The molecule has 1 heterocycles. The minimum atomic E-state index is -1.08. The second-order valence-corrected chi connectivity index (χ2v) is 9.98. The van der Waals surface area contributed by atoms with Crippen molar-refractivity contribution in [3.63, 3.8) is 0 Å². The molecule has 2 N–H and O–H groups in total. The molecule has 1 aliphatic heterocycles. The van der Waals surface area contributed by atoms with Crippen molar-refractivity contribution >= 4 is 39.3 Å². The molecule has 0 unspecified atom stereocenters. The number of benzene rings is 3. The molecule has 1 amide bonds. The molecule has 0 radical (unpaired) electrons. The van der Waals surface area contributed by atoms with Crippen LogP contribution >= 0.6 is 27.5 Å². The van der Waals surface area contributed by atoms with E-state index in [2.05, 4.69) is 21.2 Å². The molecule has 4 rings (SSSR count). The minimum Gasteiger partial charge on any atom is -0.494 e. The van der Waals surface area contributed by atoms with Gasteiger partial charge in [-0.05, 0) is 66.1 Å². The first-order chi connectivity index (χ1) is 17.5. The van der Waals surface area contributed by atoms with Crippen LogP contribution in [0.1, 0.15) is 23.1 Å². The summed E-state index contributed by atoms with van der Waals surface area (Å²) in [6, 6.07) is 22.9. The molecule has 0 spiro atoms. The summed E-state index contributed by atoms with van der Waals surface area (Å²) in [7, 11) is 0. The van der Waals surface area contributed by atoms with Crippen LogP contribution in [-0.4, -0.2) is 48.8 Å². The van der Waals surface area contributed by atoms with Gasteiger partial charge >= 0.3 is 0 Å². The van der Waals surface area contributed by atoms with Crippen LogP contribution in [0.2, 0.25) is 5.02 Å². The van der Waals surface area contributed by atoms with Crippen LogP contribution in [0.5, 0.6) is 5.75 Å². The zero-order valence-electron chi connectivity index (χ0n) is 19.8. The van der Waals surface area contributed by atoms with Gasteiger partial charge in [-0.1, -0.05) is 51.8 Å². The van der Waals surface area contributed by atoms with Gasteiger partial charge in [0.15, 0.2) is 5.54 Å². The number of aliphatic hydroxyl groups is 1. The minimum absolute atomic E-state index is 0.0876. The fourth-order valence-corrected chi connectivity index (χ4v) is 4.42. The first kappa shape index (κ1) is 26.2. The summed E-state index contributed by atoms with van der Waals surface area (Å²) in [6.45, 7) is 1.14. The summed E-state index contributed by atoms with van der Waals surface area (Å²) in [5.41, 5.74) is 1.74. The Morgan fingerprint density at radius 3 is 2.61 bits per heavy atom. The number of carbonyl (C=O) groups is 1. The Kier molecular flexibility index (Phi) is 9.02. The van der Waals surface area contributed by atoms with Gasteiger partial charge in [-0.2, -0.15) is 0 Å². The van der Waals surface area contributed by atoms with Gasteiger partial charge in [0, 0.05) is 41.1 Å². The number of aliphatic imine (C=N–C) groups is 1. The van der Waals surface area contributed by atoms with E-state index in [0.29, 0.717) is 49.1 Å². The number of carbonyl (C=O) groups excluding carboxylic acids is 1. The van der Waals surface area contributed by atoms with Crippen LogP contribution < -0.4 is 10.1 Å².